The Bertz CT molecular complexity index is 473. The highest BCUT2D eigenvalue weighted by atomic mass is 79.9. The molecule has 1 amide bonds. The third kappa shape index (κ3) is 3.69. The molecule has 0 fully saturated rings. The standard InChI is InChI=1S/C16H20BrNO/c1-16(2,17)15(19)18(14-10-6-7-11-14)12-13-8-4-3-5-9-13/h3-5,8-10H,6-7,11-12H2,1-2H3. The maximum Gasteiger partial charge on any atom is 0.243 e. The molecule has 0 radical (unpaired) electrons. The van der Waals surface area contributed by atoms with Crippen LogP contribution in [0.2, 0.25) is 0 Å². The number of carbonyl (C=O) groups is 1. The van der Waals surface area contributed by atoms with Crippen molar-refractivity contribution in [2.75, 3.05) is 0 Å². The lowest BCUT2D eigenvalue weighted by atomic mass is 10.1. The van der Waals surface area contributed by atoms with E-state index >= 15 is 0 Å². The Morgan fingerprint density at radius 1 is 1.32 bits per heavy atom. The molecule has 1 aromatic carbocycles. The zero-order valence-corrected chi connectivity index (χ0v) is 13.1. The molecule has 0 aromatic heterocycles. The molecular weight excluding hydrogens is 302 g/mol. The topological polar surface area (TPSA) is 20.3 Å². The lowest BCUT2D eigenvalue weighted by Gasteiger charge is -2.29. The summed E-state index contributed by atoms with van der Waals surface area (Å²) in [7, 11) is 0. The largest absolute Gasteiger partial charge is 0.311 e. The molecular formula is C16H20BrNO. The summed E-state index contributed by atoms with van der Waals surface area (Å²) in [5.74, 6) is 0.129. The Hall–Kier alpha value is -1.09. The Morgan fingerprint density at radius 3 is 2.53 bits per heavy atom. The van der Waals surface area contributed by atoms with Gasteiger partial charge in [-0.2, -0.15) is 0 Å². The van der Waals surface area contributed by atoms with Crippen LogP contribution in [0, 0.1) is 0 Å². The van der Waals surface area contributed by atoms with Crippen LogP contribution in [0.15, 0.2) is 42.1 Å². The molecule has 0 spiro atoms. The number of amides is 1. The van der Waals surface area contributed by atoms with Gasteiger partial charge in [0.2, 0.25) is 5.91 Å². The molecule has 0 unspecified atom stereocenters. The van der Waals surface area contributed by atoms with Crippen LogP contribution in [0.1, 0.15) is 38.7 Å². The van der Waals surface area contributed by atoms with E-state index in [1.807, 2.05) is 36.9 Å². The van der Waals surface area contributed by atoms with Crippen molar-refractivity contribution < 1.29 is 4.79 Å². The predicted molar refractivity (Wildman–Crippen MR) is 81.9 cm³/mol. The molecule has 2 rings (SSSR count). The molecule has 3 heteroatoms. The van der Waals surface area contributed by atoms with Gasteiger partial charge in [-0.1, -0.05) is 52.3 Å². The summed E-state index contributed by atoms with van der Waals surface area (Å²) in [6.07, 6.45) is 5.43. The minimum absolute atomic E-state index is 0.129. The van der Waals surface area contributed by atoms with Crippen molar-refractivity contribution in [3.63, 3.8) is 0 Å². The van der Waals surface area contributed by atoms with E-state index in [-0.39, 0.29) is 5.91 Å². The van der Waals surface area contributed by atoms with Crippen LogP contribution in [-0.4, -0.2) is 15.1 Å². The van der Waals surface area contributed by atoms with Crippen molar-refractivity contribution in [2.45, 2.75) is 44.0 Å². The second-order valence-corrected chi connectivity index (χ2v) is 7.42. The number of hydrogen-bond acceptors (Lipinski definition) is 1. The maximum atomic E-state index is 12.6. The summed E-state index contributed by atoms with van der Waals surface area (Å²) >= 11 is 3.49. The molecule has 0 atom stereocenters. The Balaban J connectivity index is 2.22. The number of carbonyl (C=O) groups excluding carboxylic acids is 1. The molecule has 0 N–H and O–H groups in total. The lowest BCUT2D eigenvalue weighted by molar-refractivity contribution is -0.131. The van der Waals surface area contributed by atoms with Crippen LogP contribution in [0.5, 0.6) is 0 Å². The molecule has 19 heavy (non-hydrogen) atoms. The summed E-state index contributed by atoms with van der Waals surface area (Å²) in [4.78, 5) is 14.5. The summed E-state index contributed by atoms with van der Waals surface area (Å²) in [6.45, 7) is 4.46. The van der Waals surface area contributed by atoms with Crippen molar-refractivity contribution in [1.29, 1.82) is 0 Å². The van der Waals surface area contributed by atoms with Crippen molar-refractivity contribution in [2.24, 2.45) is 0 Å². The van der Waals surface area contributed by atoms with Gasteiger partial charge in [-0.25, -0.2) is 0 Å². The molecule has 2 nitrogen and oxygen atoms in total. The van der Waals surface area contributed by atoms with E-state index < -0.39 is 4.32 Å². The van der Waals surface area contributed by atoms with E-state index in [0.717, 1.165) is 19.3 Å². The predicted octanol–water partition coefficient (Wildman–Crippen LogP) is 4.26. The Kier molecular flexibility index (Phi) is 4.46. The highest BCUT2D eigenvalue weighted by molar-refractivity contribution is 9.10. The number of rotatable bonds is 4. The van der Waals surface area contributed by atoms with Crippen molar-refractivity contribution >= 4 is 21.8 Å². The summed E-state index contributed by atoms with van der Waals surface area (Å²) in [6, 6.07) is 10.2. The van der Waals surface area contributed by atoms with Gasteiger partial charge in [0.25, 0.3) is 0 Å². The highest BCUT2D eigenvalue weighted by Crippen LogP contribution is 2.28. The first-order valence-electron chi connectivity index (χ1n) is 6.72. The van der Waals surface area contributed by atoms with Crippen LogP contribution in [-0.2, 0) is 11.3 Å². The number of allylic oxidation sites excluding steroid dienone is 2. The summed E-state index contributed by atoms with van der Waals surface area (Å²) < 4.78 is -0.523. The van der Waals surface area contributed by atoms with Gasteiger partial charge in [-0.15, -0.1) is 0 Å². The third-order valence-corrected chi connectivity index (χ3v) is 3.64. The number of halogens is 1. The van der Waals surface area contributed by atoms with E-state index in [9.17, 15) is 4.79 Å². The number of nitrogens with zero attached hydrogens (tertiary/aromatic N) is 1. The first-order valence-corrected chi connectivity index (χ1v) is 7.51. The maximum absolute atomic E-state index is 12.6. The zero-order chi connectivity index (χ0) is 13.9. The van der Waals surface area contributed by atoms with E-state index in [2.05, 4.69) is 34.1 Å². The Labute approximate surface area is 123 Å². The fourth-order valence-electron chi connectivity index (χ4n) is 2.29. The number of alkyl halides is 1. The van der Waals surface area contributed by atoms with Crippen molar-refractivity contribution in [1.82, 2.24) is 4.90 Å². The fourth-order valence-corrected chi connectivity index (χ4v) is 2.50. The van der Waals surface area contributed by atoms with Gasteiger partial charge in [0.1, 0.15) is 0 Å². The molecule has 102 valence electrons. The van der Waals surface area contributed by atoms with Crippen LogP contribution >= 0.6 is 15.9 Å². The zero-order valence-electron chi connectivity index (χ0n) is 11.5. The monoisotopic (exact) mass is 321 g/mol. The molecule has 0 saturated heterocycles. The third-order valence-electron chi connectivity index (χ3n) is 3.30. The normalized spacial score (nSPS) is 15.2. The second-order valence-electron chi connectivity index (χ2n) is 5.44. The average Bonchev–Trinajstić information content (AvgIpc) is 2.89. The first-order chi connectivity index (χ1) is 8.98. The minimum Gasteiger partial charge on any atom is -0.311 e. The van der Waals surface area contributed by atoms with Gasteiger partial charge in [0.15, 0.2) is 0 Å². The van der Waals surface area contributed by atoms with Crippen LogP contribution in [0.25, 0.3) is 0 Å². The molecule has 0 bridgehead atoms. The van der Waals surface area contributed by atoms with Gasteiger partial charge >= 0.3 is 0 Å². The minimum atomic E-state index is -0.523. The van der Waals surface area contributed by atoms with Gasteiger partial charge < -0.3 is 4.90 Å². The lowest BCUT2D eigenvalue weighted by Crippen LogP contribution is -2.40. The van der Waals surface area contributed by atoms with Crippen LogP contribution in [0.4, 0.5) is 0 Å². The van der Waals surface area contributed by atoms with Crippen LogP contribution in [0.3, 0.4) is 0 Å². The summed E-state index contributed by atoms with van der Waals surface area (Å²) in [5.41, 5.74) is 2.33. The van der Waals surface area contributed by atoms with Crippen molar-refractivity contribution in [3.8, 4) is 0 Å². The van der Waals surface area contributed by atoms with E-state index in [1.54, 1.807) is 0 Å². The van der Waals surface area contributed by atoms with Gasteiger partial charge in [-0.3, -0.25) is 4.79 Å². The average molecular weight is 322 g/mol. The molecule has 1 aliphatic carbocycles. The summed E-state index contributed by atoms with van der Waals surface area (Å²) in [5, 5.41) is 0. The van der Waals surface area contributed by atoms with Gasteiger partial charge in [0, 0.05) is 5.70 Å². The second kappa shape index (κ2) is 5.91. The molecule has 1 aliphatic rings. The van der Waals surface area contributed by atoms with Gasteiger partial charge in [0.05, 0.1) is 10.9 Å². The first kappa shape index (κ1) is 14.3. The molecule has 1 aromatic rings. The molecule has 0 heterocycles. The van der Waals surface area contributed by atoms with Gasteiger partial charge in [-0.05, 0) is 38.7 Å². The SMILES string of the molecule is CC(C)(Br)C(=O)N(Cc1ccccc1)C1=CCCC1. The smallest absolute Gasteiger partial charge is 0.243 e. The Morgan fingerprint density at radius 2 is 2.00 bits per heavy atom. The fraction of sp³-hybridized carbons (Fsp3) is 0.438. The van der Waals surface area contributed by atoms with E-state index in [1.165, 1.54) is 11.3 Å². The van der Waals surface area contributed by atoms with Crippen LogP contribution < -0.4 is 0 Å². The van der Waals surface area contributed by atoms with E-state index in [4.69, 9.17) is 0 Å². The quantitative estimate of drug-likeness (QED) is 0.759. The highest BCUT2D eigenvalue weighted by Gasteiger charge is 2.31. The number of benzene rings is 1. The van der Waals surface area contributed by atoms with E-state index in [0.29, 0.717) is 6.54 Å². The molecule has 0 saturated carbocycles. The number of hydrogen-bond donors (Lipinski definition) is 0. The molecule has 0 aliphatic heterocycles. The van der Waals surface area contributed by atoms with Crippen molar-refractivity contribution in [3.05, 3.63) is 47.7 Å².